The van der Waals surface area contributed by atoms with E-state index in [-0.39, 0.29) is 17.9 Å². The third-order valence-corrected chi connectivity index (χ3v) is 3.03. The Bertz CT molecular complexity index is 635. The van der Waals surface area contributed by atoms with E-state index in [1.807, 2.05) is 0 Å². The van der Waals surface area contributed by atoms with Gasteiger partial charge in [-0.15, -0.1) is 0 Å². The third kappa shape index (κ3) is 3.79. The van der Waals surface area contributed by atoms with Crippen LogP contribution in [0.2, 0.25) is 0 Å². The molecule has 0 aromatic heterocycles. The maximum Gasteiger partial charge on any atom is 0.335 e. The minimum absolute atomic E-state index is 0.0849. The highest BCUT2D eigenvalue weighted by Gasteiger charge is 2.08. The molecular weight excluding hydrogens is 275 g/mol. The summed E-state index contributed by atoms with van der Waals surface area (Å²) in [6, 6.07) is 10.5. The number of carbonyl (C=O) groups is 1. The summed E-state index contributed by atoms with van der Waals surface area (Å²) < 4.78 is 19.1. The monoisotopic (exact) mass is 290 g/mol. The Balaban J connectivity index is 2.04. The van der Waals surface area contributed by atoms with Crippen LogP contribution in [0.25, 0.3) is 0 Å². The van der Waals surface area contributed by atoms with Crippen LogP contribution in [0.1, 0.15) is 34.5 Å². The summed E-state index contributed by atoms with van der Waals surface area (Å²) in [6.07, 6.45) is -0.739. The highest BCUT2D eigenvalue weighted by Crippen LogP contribution is 2.22. The summed E-state index contributed by atoms with van der Waals surface area (Å²) in [5.41, 5.74) is 1.40. The van der Waals surface area contributed by atoms with Crippen molar-refractivity contribution in [1.82, 2.24) is 0 Å². The fraction of sp³-hybridized carbons (Fsp3) is 0.188. The first-order valence-corrected chi connectivity index (χ1v) is 6.40. The van der Waals surface area contributed by atoms with Gasteiger partial charge in [0.25, 0.3) is 0 Å². The molecule has 2 rings (SSSR count). The van der Waals surface area contributed by atoms with Crippen LogP contribution in [0, 0.1) is 5.82 Å². The molecule has 0 spiro atoms. The van der Waals surface area contributed by atoms with Crippen LogP contribution in [0.3, 0.4) is 0 Å². The van der Waals surface area contributed by atoms with Gasteiger partial charge in [0.05, 0.1) is 11.7 Å². The molecule has 0 aliphatic carbocycles. The van der Waals surface area contributed by atoms with Crippen molar-refractivity contribution < 1.29 is 24.1 Å². The van der Waals surface area contributed by atoms with Crippen molar-refractivity contribution in [3.05, 3.63) is 65.0 Å². The lowest BCUT2D eigenvalue weighted by atomic mass is 10.1. The molecule has 0 bridgehead atoms. The molecule has 0 aliphatic heterocycles. The average molecular weight is 290 g/mol. The number of hydrogen-bond donors (Lipinski definition) is 2. The molecule has 2 aromatic rings. The normalized spacial score (nSPS) is 12.0. The van der Waals surface area contributed by atoms with Crippen molar-refractivity contribution in [2.45, 2.75) is 19.6 Å². The zero-order chi connectivity index (χ0) is 15.4. The van der Waals surface area contributed by atoms with Crippen LogP contribution in [0.15, 0.2) is 42.5 Å². The number of carboxylic acids is 1. The fourth-order valence-corrected chi connectivity index (χ4v) is 1.80. The summed E-state index contributed by atoms with van der Waals surface area (Å²) in [5.74, 6) is -1.46. The maximum atomic E-state index is 13.8. The minimum Gasteiger partial charge on any atom is -0.486 e. The standard InChI is InChI=1S/C16H15FO4/c1-10(18)13-6-7-15(14(17)8-13)21-9-11-2-4-12(5-3-11)16(19)20/h2-8,10,18H,9H2,1H3,(H,19,20). The molecular formula is C16H15FO4. The van der Waals surface area contributed by atoms with Gasteiger partial charge in [-0.2, -0.15) is 0 Å². The Morgan fingerprint density at radius 3 is 2.43 bits per heavy atom. The summed E-state index contributed by atoms with van der Waals surface area (Å²) in [7, 11) is 0. The number of aromatic carboxylic acids is 1. The van der Waals surface area contributed by atoms with Crippen LogP contribution < -0.4 is 4.74 Å². The third-order valence-electron chi connectivity index (χ3n) is 3.03. The number of halogens is 1. The van der Waals surface area contributed by atoms with Gasteiger partial charge in [0.15, 0.2) is 11.6 Å². The molecule has 0 aliphatic rings. The van der Waals surface area contributed by atoms with Crippen molar-refractivity contribution in [2.24, 2.45) is 0 Å². The number of hydrogen-bond acceptors (Lipinski definition) is 3. The number of aliphatic hydroxyl groups is 1. The SMILES string of the molecule is CC(O)c1ccc(OCc2ccc(C(=O)O)cc2)c(F)c1. The lowest BCUT2D eigenvalue weighted by Gasteiger charge is -2.10. The summed E-state index contributed by atoms with van der Waals surface area (Å²) >= 11 is 0. The van der Waals surface area contributed by atoms with Crippen LogP contribution in [0.4, 0.5) is 4.39 Å². The second-order valence-corrected chi connectivity index (χ2v) is 4.66. The van der Waals surface area contributed by atoms with Crippen molar-refractivity contribution in [3.63, 3.8) is 0 Å². The van der Waals surface area contributed by atoms with Gasteiger partial charge in [0.1, 0.15) is 6.61 Å². The molecule has 110 valence electrons. The Morgan fingerprint density at radius 2 is 1.90 bits per heavy atom. The largest absolute Gasteiger partial charge is 0.486 e. The van der Waals surface area contributed by atoms with Crippen molar-refractivity contribution in [2.75, 3.05) is 0 Å². The second kappa shape index (κ2) is 6.37. The van der Waals surface area contributed by atoms with Gasteiger partial charge in [-0.25, -0.2) is 9.18 Å². The van der Waals surface area contributed by atoms with Crippen molar-refractivity contribution in [3.8, 4) is 5.75 Å². The molecule has 0 radical (unpaired) electrons. The molecule has 0 fully saturated rings. The summed E-state index contributed by atoms with van der Waals surface area (Å²) in [4.78, 5) is 10.7. The molecule has 0 saturated heterocycles. The van der Waals surface area contributed by atoms with Crippen LogP contribution in [-0.4, -0.2) is 16.2 Å². The Kier molecular flexibility index (Phi) is 4.55. The molecule has 21 heavy (non-hydrogen) atoms. The first kappa shape index (κ1) is 15.0. The molecule has 2 aromatic carbocycles. The zero-order valence-electron chi connectivity index (χ0n) is 11.4. The Morgan fingerprint density at radius 1 is 1.24 bits per heavy atom. The van der Waals surface area contributed by atoms with Crippen molar-refractivity contribution in [1.29, 1.82) is 0 Å². The maximum absolute atomic E-state index is 13.8. The van der Waals surface area contributed by atoms with Gasteiger partial charge in [-0.3, -0.25) is 0 Å². The zero-order valence-corrected chi connectivity index (χ0v) is 11.4. The minimum atomic E-state index is -0.998. The van der Waals surface area contributed by atoms with Crippen molar-refractivity contribution >= 4 is 5.97 Å². The fourth-order valence-electron chi connectivity index (χ4n) is 1.80. The topological polar surface area (TPSA) is 66.8 Å². The van der Waals surface area contributed by atoms with E-state index >= 15 is 0 Å². The summed E-state index contributed by atoms with van der Waals surface area (Å²) in [5, 5.41) is 18.2. The number of benzene rings is 2. The predicted molar refractivity (Wildman–Crippen MR) is 74.8 cm³/mol. The molecule has 1 atom stereocenters. The van der Waals surface area contributed by atoms with E-state index in [0.29, 0.717) is 5.56 Å². The lowest BCUT2D eigenvalue weighted by Crippen LogP contribution is -2.01. The van der Waals surface area contributed by atoms with Crippen LogP contribution in [0.5, 0.6) is 5.75 Å². The van der Waals surface area contributed by atoms with E-state index in [4.69, 9.17) is 9.84 Å². The smallest absolute Gasteiger partial charge is 0.335 e. The molecule has 0 heterocycles. The van der Waals surface area contributed by atoms with Gasteiger partial charge in [-0.1, -0.05) is 18.2 Å². The average Bonchev–Trinajstić information content (AvgIpc) is 2.46. The molecule has 0 saturated carbocycles. The Hall–Kier alpha value is -2.40. The van der Waals surface area contributed by atoms with E-state index < -0.39 is 17.9 Å². The van der Waals surface area contributed by atoms with Gasteiger partial charge >= 0.3 is 5.97 Å². The van der Waals surface area contributed by atoms with E-state index in [0.717, 1.165) is 5.56 Å². The second-order valence-electron chi connectivity index (χ2n) is 4.66. The Labute approximate surface area is 121 Å². The van der Waals surface area contributed by atoms with Gasteiger partial charge in [0.2, 0.25) is 0 Å². The predicted octanol–water partition coefficient (Wildman–Crippen LogP) is 3.16. The first-order valence-electron chi connectivity index (χ1n) is 6.40. The van der Waals surface area contributed by atoms with E-state index in [1.165, 1.54) is 24.3 Å². The highest BCUT2D eigenvalue weighted by molar-refractivity contribution is 5.87. The van der Waals surface area contributed by atoms with Crippen LogP contribution >= 0.6 is 0 Å². The number of rotatable bonds is 5. The lowest BCUT2D eigenvalue weighted by molar-refractivity contribution is 0.0697. The molecule has 2 N–H and O–H groups in total. The summed E-state index contributed by atoms with van der Waals surface area (Å²) in [6.45, 7) is 1.68. The number of ether oxygens (including phenoxy) is 1. The molecule has 0 amide bonds. The highest BCUT2D eigenvalue weighted by atomic mass is 19.1. The van der Waals surface area contributed by atoms with Crippen LogP contribution in [-0.2, 0) is 6.61 Å². The van der Waals surface area contributed by atoms with Gasteiger partial charge in [-0.05, 0) is 42.3 Å². The van der Waals surface area contributed by atoms with Gasteiger partial charge < -0.3 is 14.9 Å². The first-order chi connectivity index (χ1) is 9.97. The number of carboxylic acid groups (broad SMARTS) is 1. The molecule has 1 unspecified atom stereocenters. The van der Waals surface area contributed by atoms with E-state index in [2.05, 4.69) is 0 Å². The van der Waals surface area contributed by atoms with Gasteiger partial charge in [0, 0.05) is 0 Å². The quantitative estimate of drug-likeness (QED) is 0.887. The van der Waals surface area contributed by atoms with E-state index in [9.17, 15) is 14.3 Å². The van der Waals surface area contributed by atoms with E-state index in [1.54, 1.807) is 25.1 Å². The molecule has 4 nitrogen and oxygen atoms in total. The number of aliphatic hydroxyl groups excluding tert-OH is 1. The molecule has 5 heteroatoms.